The third-order valence-corrected chi connectivity index (χ3v) is 2.32. The molecule has 68 valence electrons. The van der Waals surface area contributed by atoms with E-state index in [9.17, 15) is 9.90 Å². The van der Waals surface area contributed by atoms with E-state index in [1.54, 1.807) is 23.1 Å². The predicted molar refractivity (Wildman–Crippen MR) is 49.8 cm³/mol. The van der Waals surface area contributed by atoms with E-state index in [4.69, 9.17) is 0 Å². The zero-order valence-electron chi connectivity index (χ0n) is 7.45. The fraction of sp³-hybridized carbons (Fsp3) is 0.300. The zero-order chi connectivity index (χ0) is 9.42. The average molecular weight is 177 g/mol. The van der Waals surface area contributed by atoms with Crippen LogP contribution in [-0.4, -0.2) is 17.6 Å². The molecule has 0 spiro atoms. The number of carbonyl (C=O) groups excluding carboxylic acids is 1. The van der Waals surface area contributed by atoms with Crippen molar-refractivity contribution in [2.45, 2.75) is 13.3 Å². The second kappa shape index (κ2) is 2.76. The normalized spacial score (nSPS) is 14.8. The highest BCUT2D eigenvalue weighted by atomic mass is 16.3. The first-order valence-corrected chi connectivity index (χ1v) is 4.34. The number of aromatic hydroxyl groups is 1. The van der Waals surface area contributed by atoms with Crippen LogP contribution in [0.2, 0.25) is 0 Å². The van der Waals surface area contributed by atoms with E-state index in [0.29, 0.717) is 13.0 Å². The maximum Gasteiger partial charge on any atom is 0.231 e. The van der Waals surface area contributed by atoms with Crippen molar-refractivity contribution in [2.24, 2.45) is 0 Å². The summed E-state index contributed by atoms with van der Waals surface area (Å²) < 4.78 is 0. The van der Waals surface area contributed by atoms with Crippen molar-refractivity contribution in [3.63, 3.8) is 0 Å². The summed E-state index contributed by atoms with van der Waals surface area (Å²) in [7, 11) is 0. The molecule has 1 aliphatic rings. The highest BCUT2D eigenvalue weighted by molar-refractivity contribution is 6.01. The fourth-order valence-corrected chi connectivity index (χ4v) is 1.69. The molecule has 2 rings (SSSR count). The Morgan fingerprint density at radius 1 is 1.54 bits per heavy atom. The summed E-state index contributed by atoms with van der Waals surface area (Å²) in [5.74, 6) is 0.329. The monoisotopic (exact) mass is 177 g/mol. The summed E-state index contributed by atoms with van der Waals surface area (Å²) in [6.45, 7) is 2.59. The van der Waals surface area contributed by atoms with Gasteiger partial charge in [0.25, 0.3) is 0 Å². The van der Waals surface area contributed by atoms with Crippen LogP contribution in [0.3, 0.4) is 0 Å². The van der Waals surface area contributed by atoms with E-state index >= 15 is 0 Å². The molecule has 0 aromatic heterocycles. The summed E-state index contributed by atoms with van der Waals surface area (Å²) in [6.07, 6.45) is 0.462. The van der Waals surface area contributed by atoms with Crippen molar-refractivity contribution in [1.82, 2.24) is 0 Å². The first-order valence-electron chi connectivity index (χ1n) is 4.34. The number of rotatable bonds is 1. The Hall–Kier alpha value is -1.51. The van der Waals surface area contributed by atoms with E-state index in [1.807, 2.05) is 6.92 Å². The van der Waals surface area contributed by atoms with Crippen molar-refractivity contribution >= 4 is 11.6 Å². The molecule has 0 fully saturated rings. The molecule has 0 saturated carbocycles. The molecule has 0 atom stereocenters. The number of nitrogens with zero attached hydrogens (tertiary/aromatic N) is 1. The maximum atomic E-state index is 11.4. The number of carbonyl (C=O) groups is 1. The number of phenolic OH excluding ortho intramolecular Hbond substituents is 1. The standard InChI is InChI=1S/C10H11NO2/c1-2-11-9-6-8(12)4-3-7(9)5-10(11)13/h3-4,6,12H,2,5H2,1H3. The minimum Gasteiger partial charge on any atom is -0.508 e. The first-order chi connectivity index (χ1) is 6.22. The summed E-state index contributed by atoms with van der Waals surface area (Å²) in [5.41, 5.74) is 1.86. The zero-order valence-corrected chi connectivity index (χ0v) is 7.45. The lowest BCUT2D eigenvalue weighted by atomic mass is 10.1. The Morgan fingerprint density at radius 3 is 3.00 bits per heavy atom. The minimum absolute atomic E-state index is 0.114. The van der Waals surface area contributed by atoms with Gasteiger partial charge in [0.05, 0.1) is 12.1 Å². The lowest BCUT2D eigenvalue weighted by Gasteiger charge is -2.14. The number of fused-ring (bicyclic) bond motifs is 1. The molecule has 13 heavy (non-hydrogen) atoms. The molecule has 1 aliphatic heterocycles. The number of hydrogen-bond donors (Lipinski definition) is 1. The molecule has 1 aromatic rings. The Balaban J connectivity index is 2.50. The molecule has 1 aromatic carbocycles. The first kappa shape index (κ1) is 8.10. The summed E-state index contributed by atoms with van der Waals surface area (Å²) >= 11 is 0. The lowest BCUT2D eigenvalue weighted by molar-refractivity contribution is -0.117. The van der Waals surface area contributed by atoms with Gasteiger partial charge in [-0.15, -0.1) is 0 Å². The predicted octanol–water partition coefficient (Wildman–Crippen LogP) is 1.30. The van der Waals surface area contributed by atoms with Gasteiger partial charge in [0.2, 0.25) is 5.91 Å². The molecule has 3 nitrogen and oxygen atoms in total. The van der Waals surface area contributed by atoms with Crippen LogP contribution >= 0.6 is 0 Å². The third-order valence-electron chi connectivity index (χ3n) is 2.32. The highest BCUT2D eigenvalue weighted by Gasteiger charge is 2.25. The van der Waals surface area contributed by atoms with Crippen molar-refractivity contribution in [1.29, 1.82) is 0 Å². The maximum absolute atomic E-state index is 11.4. The van der Waals surface area contributed by atoms with Crippen LogP contribution in [0, 0.1) is 0 Å². The Morgan fingerprint density at radius 2 is 2.31 bits per heavy atom. The quantitative estimate of drug-likeness (QED) is 0.702. The van der Waals surface area contributed by atoms with Gasteiger partial charge in [-0.3, -0.25) is 4.79 Å². The molecule has 0 radical (unpaired) electrons. The molecule has 1 heterocycles. The van der Waals surface area contributed by atoms with Gasteiger partial charge in [0.1, 0.15) is 5.75 Å². The summed E-state index contributed by atoms with van der Waals surface area (Å²) in [6, 6.07) is 5.06. The molecule has 0 saturated heterocycles. The van der Waals surface area contributed by atoms with Gasteiger partial charge >= 0.3 is 0 Å². The van der Waals surface area contributed by atoms with Gasteiger partial charge in [-0.1, -0.05) is 6.07 Å². The van der Waals surface area contributed by atoms with Gasteiger partial charge in [-0.05, 0) is 18.6 Å². The number of likely N-dealkylation sites (N-methyl/N-ethyl adjacent to an activating group) is 1. The third kappa shape index (κ3) is 1.16. The smallest absolute Gasteiger partial charge is 0.231 e. The summed E-state index contributed by atoms with van der Waals surface area (Å²) in [5, 5.41) is 9.26. The molecular weight excluding hydrogens is 166 g/mol. The average Bonchev–Trinajstić information content (AvgIpc) is 2.40. The molecule has 1 amide bonds. The Labute approximate surface area is 76.6 Å². The van der Waals surface area contributed by atoms with Crippen LogP contribution in [-0.2, 0) is 11.2 Å². The SMILES string of the molecule is CCN1C(=O)Cc2ccc(O)cc21. The fourth-order valence-electron chi connectivity index (χ4n) is 1.69. The number of hydrogen-bond acceptors (Lipinski definition) is 2. The van der Waals surface area contributed by atoms with Gasteiger partial charge < -0.3 is 10.0 Å². The van der Waals surface area contributed by atoms with Crippen LogP contribution in [0.15, 0.2) is 18.2 Å². The van der Waals surface area contributed by atoms with Gasteiger partial charge in [0.15, 0.2) is 0 Å². The van der Waals surface area contributed by atoms with Crippen LogP contribution in [0.4, 0.5) is 5.69 Å². The second-order valence-corrected chi connectivity index (χ2v) is 3.13. The van der Waals surface area contributed by atoms with Crippen LogP contribution in [0.25, 0.3) is 0 Å². The van der Waals surface area contributed by atoms with E-state index in [-0.39, 0.29) is 11.7 Å². The Kier molecular flexibility index (Phi) is 1.72. The van der Waals surface area contributed by atoms with E-state index in [1.165, 1.54) is 0 Å². The van der Waals surface area contributed by atoms with E-state index in [2.05, 4.69) is 0 Å². The lowest BCUT2D eigenvalue weighted by Crippen LogP contribution is -2.25. The topological polar surface area (TPSA) is 40.5 Å². The molecule has 3 heteroatoms. The van der Waals surface area contributed by atoms with Gasteiger partial charge in [-0.25, -0.2) is 0 Å². The van der Waals surface area contributed by atoms with Crippen molar-refractivity contribution in [3.05, 3.63) is 23.8 Å². The molecule has 0 aliphatic carbocycles. The number of amides is 1. The van der Waals surface area contributed by atoms with Gasteiger partial charge in [0, 0.05) is 12.6 Å². The minimum atomic E-state index is 0.114. The largest absolute Gasteiger partial charge is 0.508 e. The highest BCUT2D eigenvalue weighted by Crippen LogP contribution is 2.31. The van der Waals surface area contributed by atoms with Crippen molar-refractivity contribution in [2.75, 3.05) is 11.4 Å². The molecule has 0 bridgehead atoms. The van der Waals surface area contributed by atoms with Gasteiger partial charge in [-0.2, -0.15) is 0 Å². The van der Waals surface area contributed by atoms with Crippen LogP contribution in [0.1, 0.15) is 12.5 Å². The van der Waals surface area contributed by atoms with Crippen LogP contribution in [0.5, 0.6) is 5.75 Å². The molecule has 0 unspecified atom stereocenters. The molecule has 1 N–H and O–H groups in total. The number of anilines is 1. The Bertz CT molecular complexity index is 360. The summed E-state index contributed by atoms with van der Waals surface area (Å²) in [4.78, 5) is 13.1. The van der Waals surface area contributed by atoms with Crippen LogP contribution < -0.4 is 4.90 Å². The number of benzene rings is 1. The molecular formula is C10H11NO2. The number of phenols is 1. The second-order valence-electron chi connectivity index (χ2n) is 3.13. The van der Waals surface area contributed by atoms with Crippen molar-refractivity contribution in [3.8, 4) is 5.75 Å². The van der Waals surface area contributed by atoms with Crippen molar-refractivity contribution < 1.29 is 9.90 Å². The van der Waals surface area contributed by atoms with E-state index < -0.39 is 0 Å². The van der Waals surface area contributed by atoms with E-state index in [0.717, 1.165) is 11.3 Å².